The molecule has 0 bridgehead atoms. The quantitative estimate of drug-likeness (QED) is 0.681. The highest BCUT2D eigenvalue weighted by Gasteiger charge is 2.14. The van der Waals surface area contributed by atoms with Crippen molar-refractivity contribution in [3.63, 3.8) is 0 Å². The second-order valence-electron chi connectivity index (χ2n) is 3.53. The fourth-order valence-corrected chi connectivity index (χ4v) is 1.84. The predicted molar refractivity (Wildman–Crippen MR) is 56.0 cm³/mol. The third kappa shape index (κ3) is 1.45. The molecule has 0 unspecified atom stereocenters. The summed E-state index contributed by atoms with van der Waals surface area (Å²) in [7, 11) is 0. The topological polar surface area (TPSA) is 42.7 Å². The van der Waals surface area contributed by atoms with Crippen LogP contribution >= 0.6 is 0 Å². The van der Waals surface area contributed by atoms with Gasteiger partial charge in [-0.05, 0) is 6.07 Å². The van der Waals surface area contributed by atoms with Crippen LogP contribution in [0.15, 0.2) is 24.8 Å². The van der Waals surface area contributed by atoms with Crippen molar-refractivity contribution in [2.75, 3.05) is 31.2 Å². The maximum absolute atomic E-state index is 5.32. The third-order valence-electron chi connectivity index (χ3n) is 2.61. The smallest absolute Gasteiger partial charge is 0.211 e. The maximum atomic E-state index is 5.32. The molecule has 1 aliphatic rings. The number of aromatic nitrogens is 3. The lowest BCUT2D eigenvalue weighted by molar-refractivity contribution is 0.122. The molecule has 5 nitrogen and oxygen atoms in total. The first-order chi connectivity index (χ1) is 7.45. The van der Waals surface area contributed by atoms with Gasteiger partial charge in [0, 0.05) is 19.3 Å². The van der Waals surface area contributed by atoms with E-state index in [2.05, 4.69) is 14.9 Å². The van der Waals surface area contributed by atoms with Gasteiger partial charge in [0.1, 0.15) is 6.33 Å². The minimum atomic E-state index is 0.771. The van der Waals surface area contributed by atoms with Crippen molar-refractivity contribution >= 4 is 11.5 Å². The Labute approximate surface area is 87.3 Å². The van der Waals surface area contributed by atoms with Crippen molar-refractivity contribution < 1.29 is 4.74 Å². The van der Waals surface area contributed by atoms with Crippen LogP contribution in [-0.2, 0) is 4.74 Å². The van der Waals surface area contributed by atoms with Gasteiger partial charge in [-0.2, -0.15) is 0 Å². The molecule has 0 aliphatic carbocycles. The van der Waals surface area contributed by atoms with Gasteiger partial charge in [-0.15, -0.1) is 0 Å². The van der Waals surface area contributed by atoms with E-state index >= 15 is 0 Å². The lowest BCUT2D eigenvalue weighted by Crippen LogP contribution is -2.37. The zero-order valence-corrected chi connectivity index (χ0v) is 8.33. The first-order valence-electron chi connectivity index (χ1n) is 5.05. The van der Waals surface area contributed by atoms with E-state index in [1.165, 1.54) is 0 Å². The molecular weight excluding hydrogens is 192 g/mol. The number of morpholine rings is 1. The molecule has 3 rings (SSSR count). The molecule has 2 aromatic heterocycles. The molecule has 15 heavy (non-hydrogen) atoms. The summed E-state index contributed by atoms with van der Waals surface area (Å²) in [6.07, 6.45) is 5.46. The van der Waals surface area contributed by atoms with E-state index in [9.17, 15) is 0 Å². The number of hydrogen-bond donors (Lipinski definition) is 0. The maximum Gasteiger partial charge on any atom is 0.211 e. The number of rotatable bonds is 1. The summed E-state index contributed by atoms with van der Waals surface area (Å²) in [6.45, 7) is 3.33. The molecule has 0 spiro atoms. The molecule has 3 heterocycles. The first kappa shape index (κ1) is 8.67. The Hall–Kier alpha value is -1.62. The van der Waals surface area contributed by atoms with Crippen molar-refractivity contribution in [1.82, 2.24) is 14.4 Å². The van der Waals surface area contributed by atoms with E-state index in [0.717, 1.165) is 37.8 Å². The minimum absolute atomic E-state index is 0.771. The molecule has 0 N–H and O–H groups in total. The Balaban J connectivity index is 2.05. The van der Waals surface area contributed by atoms with Crippen molar-refractivity contribution in [1.29, 1.82) is 0 Å². The van der Waals surface area contributed by atoms with E-state index in [-0.39, 0.29) is 0 Å². The molecule has 5 heteroatoms. The van der Waals surface area contributed by atoms with E-state index in [1.54, 1.807) is 6.33 Å². The Morgan fingerprint density at radius 3 is 3.00 bits per heavy atom. The third-order valence-corrected chi connectivity index (χ3v) is 2.61. The van der Waals surface area contributed by atoms with Gasteiger partial charge in [-0.25, -0.2) is 9.97 Å². The Kier molecular flexibility index (Phi) is 2.03. The highest BCUT2D eigenvalue weighted by atomic mass is 16.5. The normalized spacial score (nSPS) is 17.2. The van der Waals surface area contributed by atoms with Crippen LogP contribution in [0.25, 0.3) is 5.52 Å². The predicted octanol–water partition coefficient (Wildman–Crippen LogP) is 0.566. The summed E-state index contributed by atoms with van der Waals surface area (Å²) in [5.74, 6) is 0.952. The number of fused-ring (bicyclic) bond motifs is 1. The van der Waals surface area contributed by atoms with Gasteiger partial charge in [0.25, 0.3) is 0 Å². The van der Waals surface area contributed by atoms with Gasteiger partial charge in [0.2, 0.25) is 5.95 Å². The zero-order chi connectivity index (χ0) is 10.1. The van der Waals surface area contributed by atoms with Gasteiger partial charge in [0.15, 0.2) is 0 Å². The summed E-state index contributed by atoms with van der Waals surface area (Å²) in [5.41, 5.74) is 1.08. The molecule has 0 aromatic carbocycles. The first-order valence-corrected chi connectivity index (χ1v) is 5.05. The van der Waals surface area contributed by atoms with Gasteiger partial charge in [-0.1, -0.05) is 0 Å². The summed E-state index contributed by atoms with van der Waals surface area (Å²) in [6, 6.07) is 1.96. The second kappa shape index (κ2) is 3.51. The molecule has 0 amide bonds. The van der Waals surface area contributed by atoms with E-state index in [1.807, 2.05) is 22.9 Å². The molecule has 0 radical (unpaired) electrons. The molecule has 0 saturated carbocycles. The average molecular weight is 204 g/mol. The number of hydrogen-bond acceptors (Lipinski definition) is 4. The van der Waals surface area contributed by atoms with Crippen molar-refractivity contribution in [2.24, 2.45) is 0 Å². The largest absolute Gasteiger partial charge is 0.378 e. The van der Waals surface area contributed by atoms with Gasteiger partial charge < -0.3 is 9.64 Å². The highest BCUT2D eigenvalue weighted by Crippen LogP contribution is 2.14. The summed E-state index contributed by atoms with van der Waals surface area (Å²) in [5, 5.41) is 0. The molecule has 1 fully saturated rings. The Morgan fingerprint density at radius 2 is 2.13 bits per heavy atom. The monoisotopic (exact) mass is 204 g/mol. The molecule has 0 atom stereocenters. The SMILES string of the molecule is c1cc2cncn2c(N2CCOCC2)n1. The number of imidazole rings is 1. The molecular formula is C10H12N4O. The van der Waals surface area contributed by atoms with Gasteiger partial charge in [-0.3, -0.25) is 4.40 Å². The van der Waals surface area contributed by atoms with E-state index in [0.29, 0.717) is 0 Å². The highest BCUT2D eigenvalue weighted by molar-refractivity contribution is 5.50. The zero-order valence-electron chi connectivity index (χ0n) is 8.33. The standard InChI is InChI=1S/C10H12N4O/c1-2-12-10(13-3-5-15-6-4-13)14-8-11-7-9(1)14/h1-2,7-8H,3-6H2. The van der Waals surface area contributed by atoms with Crippen molar-refractivity contribution in [3.05, 3.63) is 24.8 Å². The van der Waals surface area contributed by atoms with Crippen LogP contribution in [0, 0.1) is 0 Å². The fourth-order valence-electron chi connectivity index (χ4n) is 1.84. The number of anilines is 1. The minimum Gasteiger partial charge on any atom is -0.378 e. The van der Waals surface area contributed by atoms with Crippen molar-refractivity contribution in [3.8, 4) is 0 Å². The van der Waals surface area contributed by atoms with Crippen LogP contribution in [-0.4, -0.2) is 40.7 Å². The molecule has 1 aliphatic heterocycles. The molecule has 1 saturated heterocycles. The summed E-state index contributed by atoms with van der Waals surface area (Å²) < 4.78 is 7.33. The lowest BCUT2D eigenvalue weighted by Gasteiger charge is -2.27. The van der Waals surface area contributed by atoms with Crippen LogP contribution in [0.4, 0.5) is 5.95 Å². The van der Waals surface area contributed by atoms with Crippen LogP contribution < -0.4 is 4.90 Å². The average Bonchev–Trinajstić information content (AvgIpc) is 2.78. The fraction of sp³-hybridized carbons (Fsp3) is 0.400. The van der Waals surface area contributed by atoms with E-state index in [4.69, 9.17) is 4.74 Å². The Morgan fingerprint density at radius 1 is 1.27 bits per heavy atom. The second-order valence-corrected chi connectivity index (χ2v) is 3.53. The lowest BCUT2D eigenvalue weighted by atomic mass is 10.4. The van der Waals surface area contributed by atoms with E-state index < -0.39 is 0 Å². The van der Waals surface area contributed by atoms with Crippen LogP contribution in [0.1, 0.15) is 0 Å². The summed E-state index contributed by atoms with van der Waals surface area (Å²) >= 11 is 0. The van der Waals surface area contributed by atoms with Gasteiger partial charge in [0.05, 0.1) is 24.9 Å². The molecule has 2 aromatic rings. The van der Waals surface area contributed by atoms with Crippen LogP contribution in [0.2, 0.25) is 0 Å². The number of ether oxygens (including phenoxy) is 1. The number of nitrogens with zero attached hydrogens (tertiary/aromatic N) is 4. The van der Waals surface area contributed by atoms with Crippen molar-refractivity contribution in [2.45, 2.75) is 0 Å². The Bertz CT molecular complexity index is 461. The van der Waals surface area contributed by atoms with Gasteiger partial charge >= 0.3 is 0 Å². The molecule has 78 valence electrons. The van der Waals surface area contributed by atoms with Crippen LogP contribution in [0.3, 0.4) is 0 Å². The summed E-state index contributed by atoms with van der Waals surface area (Å²) in [4.78, 5) is 10.7. The van der Waals surface area contributed by atoms with Crippen LogP contribution in [0.5, 0.6) is 0 Å².